The van der Waals surface area contributed by atoms with Gasteiger partial charge in [-0.05, 0) is 39.1 Å². The lowest BCUT2D eigenvalue weighted by atomic mass is 10.2. The van der Waals surface area contributed by atoms with Crippen LogP contribution in [0.1, 0.15) is 26.3 Å². The number of hydrogen-bond acceptors (Lipinski definition) is 4. The van der Waals surface area contributed by atoms with Crippen LogP contribution in [-0.4, -0.2) is 28.8 Å². The SMILES string of the molecule is CN(C(=O)OC(C)(C)C)c1cnc(NC(N)=S)c(C(F)(F)F)c1. The summed E-state index contributed by atoms with van der Waals surface area (Å²) in [5.41, 5.74) is 3.22. The van der Waals surface area contributed by atoms with Gasteiger partial charge < -0.3 is 15.8 Å². The van der Waals surface area contributed by atoms with Gasteiger partial charge in [-0.25, -0.2) is 9.78 Å². The molecule has 0 atom stereocenters. The smallest absolute Gasteiger partial charge is 0.420 e. The van der Waals surface area contributed by atoms with Crippen molar-refractivity contribution < 1.29 is 22.7 Å². The molecule has 0 saturated carbocycles. The number of thiocarbonyl (C=S) groups is 1. The minimum Gasteiger partial charge on any atom is -0.443 e. The van der Waals surface area contributed by atoms with E-state index in [0.717, 1.165) is 17.2 Å². The molecule has 6 nitrogen and oxygen atoms in total. The van der Waals surface area contributed by atoms with E-state index in [1.165, 1.54) is 7.05 Å². The van der Waals surface area contributed by atoms with Crippen molar-refractivity contribution in [3.8, 4) is 0 Å². The fourth-order valence-electron chi connectivity index (χ4n) is 1.51. The lowest BCUT2D eigenvalue weighted by molar-refractivity contribution is -0.137. The second-order valence-corrected chi connectivity index (χ2v) is 6.06. The van der Waals surface area contributed by atoms with E-state index in [1.54, 1.807) is 20.8 Å². The summed E-state index contributed by atoms with van der Waals surface area (Å²) < 4.78 is 44.4. The molecule has 10 heteroatoms. The van der Waals surface area contributed by atoms with Crippen LogP contribution in [0.3, 0.4) is 0 Å². The largest absolute Gasteiger partial charge is 0.443 e. The molecule has 0 bridgehead atoms. The summed E-state index contributed by atoms with van der Waals surface area (Å²) >= 11 is 4.52. The first-order chi connectivity index (χ1) is 10.3. The lowest BCUT2D eigenvalue weighted by Crippen LogP contribution is -2.34. The molecule has 0 saturated heterocycles. The number of nitrogens with two attached hydrogens (primary N) is 1. The Bertz CT molecular complexity index is 614. The van der Waals surface area contributed by atoms with Crippen molar-refractivity contribution in [2.45, 2.75) is 32.5 Å². The Balaban J connectivity index is 3.19. The highest BCUT2D eigenvalue weighted by molar-refractivity contribution is 7.80. The molecule has 0 fully saturated rings. The van der Waals surface area contributed by atoms with Crippen molar-refractivity contribution in [3.05, 3.63) is 17.8 Å². The zero-order valence-corrected chi connectivity index (χ0v) is 13.8. The summed E-state index contributed by atoms with van der Waals surface area (Å²) in [6.45, 7) is 4.94. The van der Waals surface area contributed by atoms with Crippen LogP contribution in [0.15, 0.2) is 12.3 Å². The molecule has 0 aliphatic heterocycles. The zero-order chi connectivity index (χ0) is 18.0. The number of alkyl halides is 3. The van der Waals surface area contributed by atoms with Crippen LogP contribution in [0.2, 0.25) is 0 Å². The Hall–Kier alpha value is -2.10. The minimum atomic E-state index is -4.70. The van der Waals surface area contributed by atoms with Gasteiger partial charge in [0, 0.05) is 7.05 Å². The van der Waals surface area contributed by atoms with Crippen molar-refractivity contribution in [3.63, 3.8) is 0 Å². The van der Waals surface area contributed by atoms with Crippen LogP contribution in [-0.2, 0) is 10.9 Å². The quantitative estimate of drug-likeness (QED) is 0.798. The van der Waals surface area contributed by atoms with Crippen LogP contribution < -0.4 is 16.0 Å². The van der Waals surface area contributed by atoms with Crippen LogP contribution >= 0.6 is 12.2 Å². The molecule has 23 heavy (non-hydrogen) atoms. The molecule has 0 aliphatic carbocycles. The van der Waals surface area contributed by atoms with Crippen molar-refractivity contribution in [1.82, 2.24) is 4.98 Å². The number of carbonyl (C=O) groups excluding carboxylic acids is 1. The highest BCUT2D eigenvalue weighted by Gasteiger charge is 2.35. The molecular weight excluding hydrogens is 333 g/mol. The van der Waals surface area contributed by atoms with E-state index >= 15 is 0 Å². The highest BCUT2D eigenvalue weighted by atomic mass is 32.1. The molecule has 1 aromatic rings. The van der Waals surface area contributed by atoms with Crippen LogP contribution in [0.25, 0.3) is 0 Å². The van der Waals surface area contributed by atoms with Gasteiger partial charge in [0.25, 0.3) is 0 Å². The molecule has 3 N–H and O–H groups in total. The summed E-state index contributed by atoms with van der Waals surface area (Å²) in [6.07, 6.45) is -4.42. The van der Waals surface area contributed by atoms with E-state index in [2.05, 4.69) is 22.5 Å². The third kappa shape index (κ3) is 5.55. The van der Waals surface area contributed by atoms with E-state index in [0.29, 0.717) is 0 Å². The van der Waals surface area contributed by atoms with Crippen molar-refractivity contribution in [2.75, 3.05) is 17.3 Å². The second kappa shape index (κ2) is 6.57. The number of halogens is 3. The molecule has 0 radical (unpaired) electrons. The van der Waals surface area contributed by atoms with Crippen LogP contribution in [0.4, 0.5) is 29.5 Å². The number of amides is 1. The van der Waals surface area contributed by atoms with E-state index in [9.17, 15) is 18.0 Å². The first-order valence-electron chi connectivity index (χ1n) is 6.41. The second-order valence-electron chi connectivity index (χ2n) is 5.62. The molecule has 1 aromatic heterocycles. The predicted molar refractivity (Wildman–Crippen MR) is 84.3 cm³/mol. The topological polar surface area (TPSA) is 80.5 Å². The maximum atomic E-state index is 13.1. The predicted octanol–water partition coefficient (Wildman–Crippen LogP) is 3.13. The highest BCUT2D eigenvalue weighted by Crippen LogP contribution is 2.36. The maximum Gasteiger partial charge on any atom is 0.420 e. The van der Waals surface area contributed by atoms with Crippen molar-refractivity contribution in [2.24, 2.45) is 5.73 Å². The summed E-state index contributed by atoms with van der Waals surface area (Å²) in [5.74, 6) is -0.536. The summed E-state index contributed by atoms with van der Waals surface area (Å²) in [5, 5.41) is 1.81. The van der Waals surface area contributed by atoms with Gasteiger partial charge in [0.15, 0.2) is 5.11 Å². The van der Waals surface area contributed by atoms with Gasteiger partial charge in [-0.2, -0.15) is 13.2 Å². The summed E-state index contributed by atoms with van der Waals surface area (Å²) in [6, 6.07) is 0.761. The van der Waals surface area contributed by atoms with Gasteiger partial charge in [0.05, 0.1) is 11.9 Å². The molecule has 0 spiro atoms. The monoisotopic (exact) mass is 350 g/mol. The third-order valence-electron chi connectivity index (χ3n) is 2.47. The van der Waals surface area contributed by atoms with Crippen molar-refractivity contribution in [1.29, 1.82) is 0 Å². The van der Waals surface area contributed by atoms with Gasteiger partial charge >= 0.3 is 12.3 Å². The number of anilines is 2. The van der Waals surface area contributed by atoms with E-state index in [4.69, 9.17) is 10.5 Å². The zero-order valence-electron chi connectivity index (χ0n) is 13.0. The summed E-state index contributed by atoms with van der Waals surface area (Å²) in [4.78, 5) is 16.5. The lowest BCUT2D eigenvalue weighted by Gasteiger charge is -2.25. The first-order valence-corrected chi connectivity index (χ1v) is 6.82. The number of pyridine rings is 1. The normalized spacial score (nSPS) is 11.8. The number of ether oxygens (including phenoxy) is 1. The Morgan fingerprint density at radius 1 is 1.39 bits per heavy atom. The molecule has 128 valence electrons. The van der Waals surface area contributed by atoms with Crippen LogP contribution in [0, 0.1) is 0 Å². The molecular formula is C13H17F3N4O2S. The first kappa shape index (κ1) is 18.9. The van der Waals surface area contributed by atoms with E-state index in [1.807, 2.05) is 0 Å². The number of carbonyl (C=O) groups is 1. The van der Waals surface area contributed by atoms with E-state index in [-0.39, 0.29) is 10.8 Å². The number of aromatic nitrogens is 1. The molecule has 0 unspecified atom stereocenters. The van der Waals surface area contributed by atoms with Crippen molar-refractivity contribution >= 4 is 34.9 Å². The molecule has 0 aliphatic rings. The number of hydrogen-bond donors (Lipinski definition) is 2. The average Bonchev–Trinajstić information content (AvgIpc) is 2.34. The Labute approximate surface area is 136 Å². The molecule has 1 rings (SSSR count). The molecule has 1 amide bonds. The summed E-state index contributed by atoms with van der Waals surface area (Å²) in [7, 11) is 1.28. The standard InChI is InChI=1S/C13H17F3N4O2S/c1-12(2,3)22-11(21)20(4)7-5-8(13(14,15)16)9(18-6-7)19-10(17)23/h5-6H,1-4H3,(H3,17,18,19,23). The molecule has 0 aromatic carbocycles. The van der Waals surface area contributed by atoms with E-state index < -0.39 is 29.3 Å². The Morgan fingerprint density at radius 3 is 2.39 bits per heavy atom. The maximum absolute atomic E-state index is 13.1. The number of rotatable bonds is 2. The number of nitrogens with zero attached hydrogens (tertiary/aromatic N) is 2. The van der Waals surface area contributed by atoms with Gasteiger partial charge in [0.1, 0.15) is 17.0 Å². The van der Waals surface area contributed by atoms with Gasteiger partial charge in [-0.15, -0.1) is 0 Å². The Kier molecular flexibility index (Phi) is 5.41. The fourth-order valence-corrected chi connectivity index (χ4v) is 1.60. The van der Waals surface area contributed by atoms with Gasteiger partial charge in [-0.3, -0.25) is 4.90 Å². The third-order valence-corrected chi connectivity index (χ3v) is 2.58. The van der Waals surface area contributed by atoms with Gasteiger partial charge in [0.2, 0.25) is 0 Å². The average molecular weight is 350 g/mol. The number of nitrogens with one attached hydrogen (secondary N) is 1. The van der Waals surface area contributed by atoms with Gasteiger partial charge in [-0.1, -0.05) is 0 Å². The fraction of sp³-hybridized carbons (Fsp3) is 0.462. The minimum absolute atomic E-state index is 0.0833. The van der Waals surface area contributed by atoms with Crippen LogP contribution in [0.5, 0.6) is 0 Å². The Morgan fingerprint density at radius 2 is 1.96 bits per heavy atom. The molecule has 1 heterocycles.